The first-order valence-electron chi connectivity index (χ1n) is 7.05. The largest absolute Gasteiger partial charge is 0.383 e. The smallest absolute Gasteiger partial charge is 0.203 e. The fraction of sp³-hybridized carbons (Fsp3) is 0.786. The van der Waals surface area contributed by atoms with Crippen LogP contribution in [0.4, 0.5) is 5.95 Å². The van der Waals surface area contributed by atoms with Crippen LogP contribution in [0.15, 0.2) is 6.20 Å². The molecule has 0 aliphatic carbocycles. The zero-order valence-electron chi connectivity index (χ0n) is 12.6. The van der Waals surface area contributed by atoms with Crippen LogP contribution in [0.5, 0.6) is 0 Å². The second-order valence-corrected chi connectivity index (χ2v) is 4.81. The summed E-state index contributed by atoms with van der Waals surface area (Å²) in [4.78, 5) is 4.50. The van der Waals surface area contributed by atoms with Gasteiger partial charge in [-0.1, -0.05) is 6.92 Å². The van der Waals surface area contributed by atoms with E-state index < -0.39 is 0 Å². The molecule has 1 atom stereocenters. The highest BCUT2D eigenvalue weighted by Crippen LogP contribution is 2.16. The van der Waals surface area contributed by atoms with Crippen molar-refractivity contribution >= 4 is 5.95 Å². The number of nitrogens with zero attached hydrogens (tertiary/aromatic N) is 2. The standard InChI is InChI=1S/C14H27N3O2/c1-5-8-19-9-6-7-15-14-16-12(2)10-17(14)13(3)11-18-4/h10,13H,5-9,11H2,1-4H3,(H,15,16). The van der Waals surface area contributed by atoms with Crippen molar-refractivity contribution in [1.29, 1.82) is 0 Å². The van der Waals surface area contributed by atoms with Crippen LogP contribution in [-0.4, -0.2) is 43.0 Å². The highest BCUT2D eigenvalue weighted by Gasteiger charge is 2.11. The highest BCUT2D eigenvalue weighted by atomic mass is 16.5. The summed E-state index contributed by atoms with van der Waals surface area (Å²) >= 11 is 0. The number of imidazole rings is 1. The van der Waals surface area contributed by atoms with Crippen LogP contribution < -0.4 is 5.32 Å². The minimum atomic E-state index is 0.282. The summed E-state index contributed by atoms with van der Waals surface area (Å²) in [7, 11) is 1.72. The van der Waals surface area contributed by atoms with Crippen LogP contribution in [-0.2, 0) is 9.47 Å². The summed E-state index contributed by atoms with van der Waals surface area (Å²) in [5.41, 5.74) is 1.02. The third-order valence-corrected chi connectivity index (χ3v) is 2.83. The topological polar surface area (TPSA) is 48.3 Å². The van der Waals surface area contributed by atoms with E-state index in [9.17, 15) is 0 Å². The molecule has 0 amide bonds. The lowest BCUT2D eigenvalue weighted by Gasteiger charge is -2.16. The van der Waals surface area contributed by atoms with Gasteiger partial charge in [0, 0.05) is 33.1 Å². The Morgan fingerprint density at radius 3 is 2.89 bits per heavy atom. The Kier molecular flexibility index (Phi) is 7.52. The van der Waals surface area contributed by atoms with Crippen LogP contribution >= 0.6 is 0 Å². The first kappa shape index (κ1) is 16.0. The molecule has 1 unspecified atom stereocenters. The number of aryl methyl sites for hydroxylation is 1. The Hall–Kier alpha value is -1.07. The number of anilines is 1. The molecule has 19 heavy (non-hydrogen) atoms. The summed E-state index contributed by atoms with van der Waals surface area (Å²) < 4.78 is 12.8. The number of methoxy groups -OCH3 is 1. The van der Waals surface area contributed by atoms with Crippen molar-refractivity contribution in [3.63, 3.8) is 0 Å². The number of hydrogen-bond donors (Lipinski definition) is 1. The lowest BCUT2D eigenvalue weighted by atomic mass is 10.3. The maximum absolute atomic E-state index is 5.45. The average Bonchev–Trinajstić information content (AvgIpc) is 2.75. The maximum Gasteiger partial charge on any atom is 0.203 e. The van der Waals surface area contributed by atoms with Crippen LogP contribution in [0, 0.1) is 6.92 Å². The second kappa shape index (κ2) is 8.93. The molecule has 110 valence electrons. The lowest BCUT2D eigenvalue weighted by Crippen LogP contribution is -2.15. The fourth-order valence-electron chi connectivity index (χ4n) is 1.93. The molecule has 0 spiro atoms. The quantitative estimate of drug-likeness (QED) is 0.663. The van der Waals surface area contributed by atoms with Gasteiger partial charge in [0.05, 0.1) is 18.3 Å². The SMILES string of the molecule is CCCOCCCNc1nc(C)cn1C(C)COC. The molecule has 5 nitrogen and oxygen atoms in total. The molecule has 1 aromatic rings. The van der Waals surface area contributed by atoms with E-state index in [2.05, 4.69) is 34.9 Å². The molecule has 0 aliphatic heterocycles. The number of aromatic nitrogens is 2. The van der Waals surface area contributed by atoms with Gasteiger partial charge in [0.2, 0.25) is 5.95 Å². The fourth-order valence-corrected chi connectivity index (χ4v) is 1.93. The van der Waals surface area contributed by atoms with Crippen molar-refractivity contribution in [2.45, 2.75) is 39.7 Å². The lowest BCUT2D eigenvalue weighted by molar-refractivity contribution is 0.134. The molecule has 0 saturated carbocycles. The summed E-state index contributed by atoms with van der Waals surface area (Å²) in [6, 6.07) is 0.282. The third-order valence-electron chi connectivity index (χ3n) is 2.83. The first-order valence-corrected chi connectivity index (χ1v) is 7.05. The van der Waals surface area contributed by atoms with Crippen molar-refractivity contribution in [3.8, 4) is 0 Å². The summed E-state index contributed by atoms with van der Waals surface area (Å²) in [6.07, 6.45) is 4.12. The number of rotatable bonds is 10. The van der Waals surface area contributed by atoms with Crippen molar-refractivity contribution in [1.82, 2.24) is 9.55 Å². The van der Waals surface area contributed by atoms with Gasteiger partial charge in [0.1, 0.15) is 0 Å². The van der Waals surface area contributed by atoms with Crippen molar-refractivity contribution in [3.05, 3.63) is 11.9 Å². The van der Waals surface area contributed by atoms with Crippen molar-refractivity contribution < 1.29 is 9.47 Å². The van der Waals surface area contributed by atoms with Gasteiger partial charge in [-0.3, -0.25) is 0 Å². The third kappa shape index (κ3) is 5.61. The Labute approximate surface area is 116 Å². The van der Waals surface area contributed by atoms with Crippen LogP contribution in [0.25, 0.3) is 0 Å². The van der Waals surface area contributed by atoms with Crippen LogP contribution in [0.1, 0.15) is 38.4 Å². The molecule has 0 bridgehead atoms. The molecular weight excluding hydrogens is 242 g/mol. The Bertz CT molecular complexity index is 352. The van der Waals surface area contributed by atoms with Gasteiger partial charge >= 0.3 is 0 Å². The van der Waals surface area contributed by atoms with E-state index >= 15 is 0 Å². The van der Waals surface area contributed by atoms with Gasteiger partial charge in [0.15, 0.2) is 0 Å². The average molecular weight is 269 g/mol. The molecule has 1 aromatic heterocycles. The molecule has 0 aromatic carbocycles. The highest BCUT2D eigenvalue weighted by molar-refractivity contribution is 5.29. The van der Waals surface area contributed by atoms with Gasteiger partial charge in [-0.15, -0.1) is 0 Å². The summed E-state index contributed by atoms with van der Waals surface area (Å²) in [6.45, 7) is 9.46. The van der Waals surface area contributed by atoms with E-state index in [1.165, 1.54) is 0 Å². The number of nitrogens with one attached hydrogen (secondary N) is 1. The molecule has 1 rings (SSSR count). The van der Waals surface area contributed by atoms with Crippen molar-refractivity contribution in [2.24, 2.45) is 0 Å². The van der Waals surface area contributed by atoms with Crippen LogP contribution in [0.3, 0.4) is 0 Å². The minimum absolute atomic E-state index is 0.282. The molecule has 1 heterocycles. The van der Waals surface area contributed by atoms with Gasteiger partial charge in [-0.2, -0.15) is 0 Å². The van der Waals surface area contributed by atoms with Gasteiger partial charge in [-0.25, -0.2) is 4.98 Å². The normalized spacial score (nSPS) is 12.6. The molecule has 1 N–H and O–H groups in total. The number of ether oxygens (including phenoxy) is 2. The zero-order valence-corrected chi connectivity index (χ0v) is 12.6. The van der Waals surface area contributed by atoms with E-state index in [1.54, 1.807) is 7.11 Å². The Morgan fingerprint density at radius 2 is 2.21 bits per heavy atom. The summed E-state index contributed by atoms with van der Waals surface area (Å²) in [5, 5.41) is 3.37. The zero-order chi connectivity index (χ0) is 14.1. The molecular formula is C14H27N3O2. The predicted octanol–water partition coefficient (Wildman–Crippen LogP) is 2.63. The van der Waals surface area contributed by atoms with E-state index in [4.69, 9.17) is 9.47 Å². The summed E-state index contributed by atoms with van der Waals surface area (Å²) in [5.74, 6) is 0.914. The minimum Gasteiger partial charge on any atom is -0.383 e. The van der Waals surface area contributed by atoms with E-state index in [0.717, 1.165) is 44.2 Å². The number of hydrogen-bond acceptors (Lipinski definition) is 4. The molecule has 0 aliphatic rings. The van der Waals surface area contributed by atoms with Gasteiger partial charge in [0.25, 0.3) is 0 Å². The molecule has 0 saturated heterocycles. The Balaban J connectivity index is 2.40. The molecule has 5 heteroatoms. The second-order valence-electron chi connectivity index (χ2n) is 4.81. The molecule has 0 radical (unpaired) electrons. The van der Waals surface area contributed by atoms with E-state index in [1.807, 2.05) is 6.92 Å². The first-order chi connectivity index (χ1) is 9.19. The van der Waals surface area contributed by atoms with Gasteiger partial charge < -0.3 is 19.4 Å². The van der Waals surface area contributed by atoms with E-state index in [0.29, 0.717) is 6.61 Å². The monoisotopic (exact) mass is 269 g/mol. The van der Waals surface area contributed by atoms with Gasteiger partial charge in [-0.05, 0) is 26.7 Å². The molecule has 0 fully saturated rings. The van der Waals surface area contributed by atoms with Crippen molar-refractivity contribution in [2.75, 3.05) is 38.8 Å². The van der Waals surface area contributed by atoms with E-state index in [-0.39, 0.29) is 6.04 Å². The maximum atomic E-state index is 5.45. The Morgan fingerprint density at radius 1 is 1.42 bits per heavy atom. The van der Waals surface area contributed by atoms with Crippen LogP contribution in [0.2, 0.25) is 0 Å². The predicted molar refractivity (Wildman–Crippen MR) is 77.8 cm³/mol.